The molecule has 0 unspecified atom stereocenters. The molecule has 142 valence electrons. The van der Waals surface area contributed by atoms with E-state index in [1.54, 1.807) is 12.1 Å². The molecule has 0 amide bonds. The van der Waals surface area contributed by atoms with Crippen LogP contribution in [0.2, 0.25) is 0 Å². The van der Waals surface area contributed by atoms with Gasteiger partial charge in [0.15, 0.2) is 5.82 Å². The van der Waals surface area contributed by atoms with E-state index < -0.39 is 5.76 Å². The van der Waals surface area contributed by atoms with Gasteiger partial charge in [-0.15, -0.1) is 0 Å². The third-order valence-corrected chi connectivity index (χ3v) is 4.38. The van der Waals surface area contributed by atoms with Crippen LogP contribution in [-0.2, 0) is 5.75 Å². The second-order valence-electron chi connectivity index (χ2n) is 5.24. The van der Waals surface area contributed by atoms with Crippen LogP contribution >= 0.6 is 24.0 Å². The predicted molar refractivity (Wildman–Crippen MR) is 103 cm³/mol. The first-order valence-corrected chi connectivity index (χ1v) is 9.46. The summed E-state index contributed by atoms with van der Waals surface area (Å²) >= 11 is 5.72. The summed E-state index contributed by atoms with van der Waals surface area (Å²) in [6.45, 7) is 2.50. The second-order valence-corrected chi connectivity index (χ2v) is 6.61. The summed E-state index contributed by atoms with van der Waals surface area (Å²) in [5.74, 6) is -0.179. The Labute approximate surface area is 163 Å². The summed E-state index contributed by atoms with van der Waals surface area (Å²) in [6.07, 6.45) is 1.46. The molecule has 3 aromatic rings. The molecule has 0 radical (unpaired) electrons. The molecule has 10 heteroatoms. The summed E-state index contributed by atoms with van der Waals surface area (Å²) in [6, 6.07) is 10.7. The van der Waals surface area contributed by atoms with E-state index in [4.69, 9.17) is 21.4 Å². The highest BCUT2D eigenvalue weighted by Gasteiger charge is 2.09. The monoisotopic (exact) mass is 410 g/mol. The number of ether oxygens (including phenoxy) is 1. The number of halogens is 2. The Kier molecular flexibility index (Phi) is 6.40. The molecule has 2 aromatic heterocycles. The molecule has 0 fully saturated rings. The average molecular weight is 410 g/mol. The lowest BCUT2D eigenvalue weighted by Gasteiger charge is -2.04. The van der Waals surface area contributed by atoms with Crippen molar-refractivity contribution < 1.29 is 17.9 Å². The highest BCUT2D eigenvalue weighted by Crippen LogP contribution is 2.22. The van der Waals surface area contributed by atoms with Gasteiger partial charge in [0.2, 0.25) is 4.77 Å². The summed E-state index contributed by atoms with van der Waals surface area (Å²) in [4.78, 5) is 0. The standard InChI is InChI=1S/C17H16F2N4O2S2/c1-2-24-12-5-3-11(4-6-12)15-21-22-17(26)23(15)20-9-13-7-8-14(25-13)10-27-16(18)19/h3-9,16H,2,10H2,1H3,(H,22,26)/b20-9-. The molecule has 0 atom stereocenters. The number of nitrogens with one attached hydrogen (secondary N) is 1. The molecule has 0 aliphatic heterocycles. The Morgan fingerprint density at radius 2 is 2.11 bits per heavy atom. The first-order valence-electron chi connectivity index (χ1n) is 8.00. The number of hydrogen-bond acceptors (Lipinski definition) is 6. The maximum absolute atomic E-state index is 12.2. The van der Waals surface area contributed by atoms with Crippen LogP contribution in [0, 0.1) is 4.77 Å². The number of aromatic nitrogens is 3. The second kappa shape index (κ2) is 8.96. The van der Waals surface area contributed by atoms with Gasteiger partial charge < -0.3 is 9.15 Å². The van der Waals surface area contributed by atoms with E-state index in [0.717, 1.165) is 11.3 Å². The fourth-order valence-electron chi connectivity index (χ4n) is 2.25. The summed E-state index contributed by atoms with van der Waals surface area (Å²) in [5.41, 5.74) is 0.802. The van der Waals surface area contributed by atoms with Crippen molar-refractivity contribution in [1.29, 1.82) is 0 Å². The summed E-state index contributed by atoms with van der Waals surface area (Å²) < 4.78 is 37.1. The third kappa shape index (κ3) is 5.04. The number of nitrogens with zero attached hydrogens (tertiary/aromatic N) is 3. The van der Waals surface area contributed by atoms with Gasteiger partial charge in [0.05, 0.1) is 18.6 Å². The minimum atomic E-state index is -2.44. The highest BCUT2D eigenvalue weighted by atomic mass is 32.2. The van der Waals surface area contributed by atoms with Crippen LogP contribution in [0.15, 0.2) is 45.9 Å². The van der Waals surface area contributed by atoms with Crippen LogP contribution in [-0.4, -0.2) is 33.5 Å². The van der Waals surface area contributed by atoms with Crippen LogP contribution in [0.1, 0.15) is 18.4 Å². The molecule has 0 saturated heterocycles. The first kappa shape index (κ1) is 19.3. The molecule has 0 spiro atoms. The minimum absolute atomic E-state index is 0.0913. The van der Waals surface area contributed by atoms with Crippen molar-refractivity contribution in [3.05, 3.63) is 52.7 Å². The van der Waals surface area contributed by atoms with Crippen LogP contribution in [0.4, 0.5) is 8.78 Å². The number of alkyl halides is 2. The van der Waals surface area contributed by atoms with Gasteiger partial charge in [-0.05, 0) is 55.5 Å². The average Bonchev–Trinajstić information content (AvgIpc) is 3.26. The van der Waals surface area contributed by atoms with Crippen molar-refractivity contribution in [3.63, 3.8) is 0 Å². The van der Waals surface area contributed by atoms with E-state index in [1.807, 2.05) is 31.2 Å². The predicted octanol–water partition coefficient (Wildman–Crippen LogP) is 4.94. The maximum Gasteiger partial charge on any atom is 0.284 e. The molecular weight excluding hydrogens is 394 g/mol. The van der Waals surface area contributed by atoms with Crippen LogP contribution in [0.5, 0.6) is 5.75 Å². The van der Waals surface area contributed by atoms with Gasteiger partial charge >= 0.3 is 0 Å². The maximum atomic E-state index is 12.2. The highest BCUT2D eigenvalue weighted by molar-refractivity contribution is 7.98. The van der Waals surface area contributed by atoms with Gasteiger partial charge in [0.1, 0.15) is 17.3 Å². The topological polar surface area (TPSA) is 68.3 Å². The lowest BCUT2D eigenvalue weighted by atomic mass is 10.2. The Balaban J connectivity index is 1.78. The number of H-pyrrole nitrogens is 1. The quantitative estimate of drug-likeness (QED) is 0.421. The normalized spacial score (nSPS) is 11.6. The zero-order valence-electron chi connectivity index (χ0n) is 14.3. The minimum Gasteiger partial charge on any atom is -0.494 e. The number of thioether (sulfide) groups is 1. The van der Waals surface area contributed by atoms with Crippen molar-refractivity contribution in [3.8, 4) is 17.1 Å². The zero-order valence-corrected chi connectivity index (χ0v) is 15.9. The molecule has 0 bridgehead atoms. The van der Waals surface area contributed by atoms with E-state index in [-0.39, 0.29) is 5.75 Å². The fraction of sp³-hybridized carbons (Fsp3) is 0.235. The van der Waals surface area contributed by atoms with Crippen LogP contribution in [0.3, 0.4) is 0 Å². The van der Waals surface area contributed by atoms with Crippen LogP contribution < -0.4 is 4.74 Å². The number of rotatable bonds is 8. The molecule has 27 heavy (non-hydrogen) atoms. The van der Waals surface area contributed by atoms with Crippen molar-refractivity contribution >= 4 is 30.2 Å². The fourth-order valence-corrected chi connectivity index (χ4v) is 2.88. The Morgan fingerprint density at radius 3 is 2.81 bits per heavy atom. The zero-order chi connectivity index (χ0) is 19.2. The molecule has 1 N–H and O–H groups in total. The van der Waals surface area contributed by atoms with Crippen molar-refractivity contribution in [2.75, 3.05) is 6.61 Å². The SMILES string of the molecule is CCOc1ccc(-c2n[nH]c(=S)n2/N=C\c2ccc(CSC(F)F)o2)cc1. The van der Waals surface area contributed by atoms with Gasteiger partial charge in [-0.2, -0.15) is 23.7 Å². The molecular formula is C17H16F2N4O2S2. The third-order valence-electron chi connectivity index (χ3n) is 3.41. The van der Waals surface area contributed by atoms with E-state index >= 15 is 0 Å². The number of aromatic amines is 1. The summed E-state index contributed by atoms with van der Waals surface area (Å²) in [7, 11) is 0. The van der Waals surface area contributed by atoms with E-state index in [9.17, 15) is 8.78 Å². The molecule has 3 rings (SSSR count). The lowest BCUT2D eigenvalue weighted by molar-refractivity contribution is 0.251. The lowest BCUT2D eigenvalue weighted by Crippen LogP contribution is -1.95. The summed E-state index contributed by atoms with van der Waals surface area (Å²) in [5, 5.41) is 11.2. The van der Waals surface area contributed by atoms with E-state index in [0.29, 0.717) is 40.5 Å². The Morgan fingerprint density at radius 1 is 1.33 bits per heavy atom. The van der Waals surface area contributed by atoms with Crippen molar-refractivity contribution in [1.82, 2.24) is 14.9 Å². The molecule has 0 saturated carbocycles. The molecule has 2 heterocycles. The number of furan rings is 1. The number of hydrogen-bond donors (Lipinski definition) is 1. The molecule has 1 aromatic carbocycles. The van der Waals surface area contributed by atoms with E-state index in [1.165, 1.54) is 10.9 Å². The molecule has 0 aliphatic carbocycles. The first-order chi connectivity index (χ1) is 13.1. The van der Waals surface area contributed by atoms with Crippen LogP contribution in [0.25, 0.3) is 11.4 Å². The largest absolute Gasteiger partial charge is 0.494 e. The molecule has 6 nitrogen and oxygen atoms in total. The van der Waals surface area contributed by atoms with Crippen molar-refractivity contribution in [2.45, 2.75) is 18.4 Å². The van der Waals surface area contributed by atoms with Gasteiger partial charge in [-0.25, -0.2) is 5.10 Å². The Hall–Kier alpha value is -2.46. The van der Waals surface area contributed by atoms with Gasteiger partial charge in [-0.3, -0.25) is 0 Å². The molecule has 0 aliphatic rings. The Bertz CT molecular complexity index is 964. The number of benzene rings is 1. The van der Waals surface area contributed by atoms with Gasteiger partial charge in [0, 0.05) is 5.56 Å². The van der Waals surface area contributed by atoms with Gasteiger partial charge in [0.25, 0.3) is 5.76 Å². The van der Waals surface area contributed by atoms with E-state index in [2.05, 4.69) is 15.3 Å². The smallest absolute Gasteiger partial charge is 0.284 e. The van der Waals surface area contributed by atoms with Gasteiger partial charge in [-0.1, -0.05) is 11.8 Å². The van der Waals surface area contributed by atoms with Crippen molar-refractivity contribution in [2.24, 2.45) is 5.10 Å².